The van der Waals surface area contributed by atoms with Crippen LogP contribution in [0.1, 0.15) is 17.3 Å². The summed E-state index contributed by atoms with van der Waals surface area (Å²) in [5.74, 6) is 0.172. The van der Waals surface area contributed by atoms with E-state index in [0.29, 0.717) is 11.3 Å². The molecular weight excluding hydrogens is 299 g/mol. The standard InChI is InChI=1S/C14H10BrFO2/c1-9(17)13-7-4-11(16)8-14(13)18-12-5-2-10(15)3-6-12/h2-8H,1H3. The Balaban J connectivity index is 2.35. The van der Waals surface area contributed by atoms with Crippen molar-refractivity contribution in [2.45, 2.75) is 6.92 Å². The van der Waals surface area contributed by atoms with Crippen molar-refractivity contribution in [2.75, 3.05) is 0 Å². The second kappa shape index (κ2) is 5.31. The molecule has 0 aliphatic heterocycles. The SMILES string of the molecule is CC(=O)c1ccc(F)cc1Oc1ccc(Br)cc1. The first-order valence-corrected chi connectivity index (χ1v) is 6.09. The Morgan fingerprint density at radius 3 is 2.44 bits per heavy atom. The zero-order chi connectivity index (χ0) is 13.1. The van der Waals surface area contributed by atoms with Gasteiger partial charge in [0.15, 0.2) is 5.78 Å². The van der Waals surface area contributed by atoms with Crippen LogP contribution in [0.15, 0.2) is 46.9 Å². The molecule has 4 heteroatoms. The third-order valence-electron chi connectivity index (χ3n) is 2.36. The Bertz CT molecular complexity index is 579. The van der Waals surface area contributed by atoms with Crippen LogP contribution < -0.4 is 4.74 Å². The van der Waals surface area contributed by atoms with Gasteiger partial charge in [-0.2, -0.15) is 0 Å². The molecule has 0 radical (unpaired) electrons. The zero-order valence-electron chi connectivity index (χ0n) is 9.61. The van der Waals surface area contributed by atoms with Crippen LogP contribution in [0.25, 0.3) is 0 Å². The first-order chi connectivity index (χ1) is 8.56. The van der Waals surface area contributed by atoms with E-state index in [2.05, 4.69) is 15.9 Å². The van der Waals surface area contributed by atoms with E-state index >= 15 is 0 Å². The van der Waals surface area contributed by atoms with Crippen molar-refractivity contribution in [3.63, 3.8) is 0 Å². The Morgan fingerprint density at radius 1 is 1.17 bits per heavy atom. The summed E-state index contributed by atoms with van der Waals surface area (Å²) in [4.78, 5) is 11.4. The fourth-order valence-electron chi connectivity index (χ4n) is 1.50. The molecule has 0 spiro atoms. The smallest absolute Gasteiger partial charge is 0.163 e. The van der Waals surface area contributed by atoms with Crippen molar-refractivity contribution < 1.29 is 13.9 Å². The third kappa shape index (κ3) is 2.96. The molecule has 0 bridgehead atoms. The minimum atomic E-state index is -0.438. The molecule has 2 nitrogen and oxygen atoms in total. The Labute approximate surface area is 113 Å². The first-order valence-electron chi connectivity index (χ1n) is 5.30. The quantitative estimate of drug-likeness (QED) is 0.776. The molecule has 0 N–H and O–H groups in total. The third-order valence-corrected chi connectivity index (χ3v) is 2.89. The minimum Gasteiger partial charge on any atom is -0.457 e. The van der Waals surface area contributed by atoms with Gasteiger partial charge in [0.2, 0.25) is 0 Å². The van der Waals surface area contributed by atoms with Crippen LogP contribution in [0.3, 0.4) is 0 Å². The molecule has 0 unspecified atom stereocenters. The van der Waals surface area contributed by atoms with Gasteiger partial charge in [0, 0.05) is 10.5 Å². The van der Waals surface area contributed by atoms with Gasteiger partial charge in [-0.1, -0.05) is 15.9 Å². The second-order valence-corrected chi connectivity index (χ2v) is 4.67. The predicted molar refractivity (Wildman–Crippen MR) is 70.6 cm³/mol. The number of hydrogen-bond acceptors (Lipinski definition) is 2. The molecule has 0 amide bonds. The number of ether oxygens (including phenoxy) is 1. The molecule has 0 aliphatic carbocycles. The number of halogens is 2. The van der Waals surface area contributed by atoms with E-state index in [-0.39, 0.29) is 11.5 Å². The lowest BCUT2D eigenvalue weighted by Gasteiger charge is -2.09. The Kier molecular flexibility index (Phi) is 3.77. The summed E-state index contributed by atoms with van der Waals surface area (Å²) in [6, 6.07) is 11.0. The zero-order valence-corrected chi connectivity index (χ0v) is 11.2. The number of ketones is 1. The topological polar surface area (TPSA) is 26.3 Å². The van der Waals surface area contributed by atoms with Gasteiger partial charge in [-0.05, 0) is 43.3 Å². The van der Waals surface area contributed by atoms with Crippen LogP contribution in [-0.4, -0.2) is 5.78 Å². The van der Waals surface area contributed by atoms with Gasteiger partial charge in [-0.25, -0.2) is 4.39 Å². The normalized spacial score (nSPS) is 10.2. The molecule has 2 rings (SSSR count). The van der Waals surface area contributed by atoms with Gasteiger partial charge < -0.3 is 4.74 Å². The van der Waals surface area contributed by atoms with E-state index in [9.17, 15) is 9.18 Å². The largest absolute Gasteiger partial charge is 0.457 e. The van der Waals surface area contributed by atoms with Gasteiger partial charge >= 0.3 is 0 Å². The predicted octanol–water partition coefficient (Wildman–Crippen LogP) is 4.58. The molecule has 0 aromatic heterocycles. The van der Waals surface area contributed by atoms with Crippen LogP contribution in [0.2, 0.25) is 0 Å². The highest BCUT2D eigenvalue weighted by Gasteiger charge is 2.10. The number of carbonyl (C=O) groups excluding carboxylic acids is 1. The Hall–Kier alpha value is -1.68. The highest BCUT2D eigenvalue weighted by molar-refractivity contribution is 9.10. The highest BCUT2D eigenvalue weighted by Crippen LogP contribution is 2.27. The summed E-state index contributed by atoms with van der Waals surface area (Å²) >= 11 is 3.31. The molecule has 18 heavy (non-hydrogen) atoms. The molecule has 2 aromatic rings. The number of hydrogen-bond donors (Lipinski definition) is 0. The number of rotatable bonds is 3. The van der Waals surface area contributed by atoms with E-state index < -0.39 is 5.82 Å². The van der Waals surface area contributed by atoms with E-state index in [1.54, 1.807) is 12.1 Å². The maximum atomic E-state index is 13.2. The van der Waals surface area contributed by atoms with Crippen molar-refractivity contribution >= 4 is 21.7 Å². The maximum absolute atomic E-state index is 13.2. The molecular formula is C14H10BrFO2. The lowest BCUT2D eigenvalue weighted by atomic mass is 10.1. The van der Waals surface area contributed by atoms with E-state index in [1.807, 2.05) is 12.1 Å². The van der Waals surface area contributed by atoms with Gasteiger partial charge in [-0.3, -0.25) is 4.79 Å². The highest BCUT2D eigenvalue weighted by atomic mass is 79.9. The summed E-state index contributed by atoms with van der Waals surface area (Å²) < 4.78 is 19.6. The van der Waals surface area contributed by atoms with E-state index in [4.69, 9.17) is 4.74 Å². The van der Waals surface area contributed by atoms with Crippen LogP contribution in [0.4, 0.5) is 4.39 Å². The average molecular weight is 309 g/mol. The summed E-state index contributed by atoms with van der Waals surface area (Å²) in [7, 11) is 0. The van der Waals surface area contributed by atoms with Crippen molar-refractivity contribution in [3.8, 4) is 11.5 Å². The molecule has 0 heterocycles. The molecule has 0 saturated carbocycles. The van der Waals surface area contributed by atoms with Crippen LogP contribution in [0, 0.1) is 5.82 Å². The summed E-state index contributed by atoms with van der Waals surface area (Å²) in [5.41, 5.74) is 0.360. The first kappa shape index (κ1) is 12.8. The molecule has 0 fully saturated rings. The molecule has 0 atom stereocenters. The van der Waals surface area contributed by atoms with Gasteiger partial charge in [0.05, 0.1) is 5.56 Å². The van der Waals surface area contributed by atoms with Crippen molar-refractivity contribution in [1.82, 2.24) is 0 Å². The van der Waals surface area contributed by atoms with Crippen molar-refractivity contribution in [3.05, 3.63) is 58.3 Å². The number of benzene rings is 2. The summed E-state index contributed by atoms with van der Waals surface area (Å²) in [6.07, 6.45) is 0. The molecule has 2 aromatic carbocycles. The number of Topliss-reactive ketones (excluding diaryl/α,β-unsaturated/α-hetero) is 1. The van der Waals surface area contributed by atoms with Gasteiger partial charge in [0.1, 0.15) is 17.3 Å². The van der Waals surface area contributed by atoms with Crippen LogP contribution in [-0.2, 0) is 0 Å². The van der Waals surface area contributed by atoms with Crippen LogP contribution in [0.5, 0.6) is 11.5 Å². The van der Waals surface area contributed by atoms with Gasteiger partial charge in [-0.15, -0.1) is 0 Å². The fourth-order valence-corrected chi connectivity index (χ4v) is 1.77. The lowest BCUT2D eigenvalue weighted by Crippen LogP contribution is -1.97. The van der Waals surface area contributed by atoms with Gasteiger partial charge in [0.25, 0.3) is 0 Å². The molecule has 92 valence electrons. The average Bonchev–Trinajstić information content (AvgIpc) is 2.32. The van der Waals surface area contributed by atoms with E-state index in [1.165, 1.54) is 25.1 Å². The monoisotopic (exact) mass is 308 g/mol. The maximum Gasteiger partial charge on any atom is 0.163 e. The van der Waals surface area contributed by atoms with Crippen molar-refractivity contribution in [2.24, 2.45) is 0 Å². The second-order valence-electron chi connectivity index (χ2n) is 3.75. The minimum absolute atomic E-state index is 0.165. The Morgan fingerprint density at radius 2 is 1.83 bits per heavy atom. The molecule has 0 saturated heterocycles. The fraction of sp³-hybridized carbons (Fsp3) is 0.0714. The summed E-state index contributed by atoms with van der Waals surface area (Å²) in [5, 5.41) is 0. The summed E-state index contributed by atoms with van der Waals surface area (Å²) in [6.45, 7) is 1.42. The van der Waals surface area contributed by atoms with Crippen molar-refractivity contribution in [1.29, 1.82) is 0 Å². The van der Waals surface area contributed by atoms with Crippen LogP contribution >= 0.6 is 15.9 Å². The number of carbonyl (C=O) groups is 1. The molecule has 0 aliphatic rings. The lowest BCUT2D eigenvalue weighted by molar-refractivity contribution is 0.101. The van der Waals surface area contributed by atoms with E-state index in [0.717, 1.165) is 4.47 Å².